The highest BCUT2D eigenvalue weighted by molar-refractivity contribution is 14.0. The van der Waals surface area contributed by atoms with Gasteiger partial charge in [-0.25, -0.2) is 9.38 Å². The van der Waals surface area contributed by atoms with Gasteiger partial charge < -0.3 is 15.5 Å². The molecule has 1 aromatic rings. The van der Waals surface area contributed by atoms with Crippen LogP contribution in [0.1, 0.15) is 38.3 Å². The number of guanidine groups is 1. The standard InChI is InChI=1S/C18H28FN5O.HI/c1-13-7-4-5-9-15(13)23-18(22-12-17(25)24(2)3)21-11-16-14(19)8-6-10-20-16;/h6,8,10,13,15H,4-5,7,9,11-12H2,1-3H3,(H2,21,22,23);1H. The Morgan fingerprint density at radius 3 is 2.77 bits per heavy atom. The second kappa shape index (κ2) is 11.3. The van der Waals surface area contributed by atoms with Gasteiger partial charge in [-0.3, -0.25) is 9.78 Å². The van der Waals surface area contributed by atoms with E-state index in [2.05, 4.69) is 27.5 Å². The lowest BCUT2D eigenvalue weighted by atomic mass is 9.86. The van der Waals surface area contributed by atoms with Gasteiger partial charge in [-0.2, -0.15) is 0 Å². The molecule has 0 saturated heterocycles. The first-order chi connectivity index (χ1) is 12.0. The van der Waals surface area contributed by atoms with Gasteiger partial charge in [0, 0.05) is 26.3 Å². The lowest BCUT2D eigenvalue weighted by molar-refractivity contribution is -0.127. The highest BCUT2D eigenvalue weighted by atomic mass is 127. The van der Waals surface area contributed by atoms with Gasteiger partial charge in [0.25, 0.3) is 0 Å². The van der Waals surface area contributed by atoms with E-state index in [0.29, 0.717) is 23.6 Å². The van der Waals surface area contributed by atoms with Crippen molar-refractivity contribution in [1.29, 1.82) is 0 Å². The number of nitrogens with one attached hydrogen (secondary N) is 2. The summed E-state index contributed by atoms with van der Waals surface area (Å²) < 4.78 is 13.7. The average Bonchev–Trinajstić information content (AvgIpc) is 2.59. The summed E-state index contributed by atoms with van der Waals surface area (Å²) in [5.41, 5.74) is 0.291. The van der Waals surface area contributed by atoms with Crippen LogP contribution in [-0.4, -0.2) is 48.4 Å². The number of carbonyl (C=O) groups excluding carboxylic acids is 1. The number of rotatable bonds is 5. The van der Waals surface area contributed by atoms with Gasteiger partial charge in [-0.15, -0.1) is 24.0 Å². The number of nitrogens with zero attached hydrogens (tertiary/aromatic N) is 3. The molecule has 6 nitrogen and oxygen atoms in total. The fourth-order valence-corrected chi connectivity index (χ4v) is 2.86. The molecule has 1 aliphatic carbocycles. The Bertz CT molecular complexity index is 611. The van der Waals surface area contributed by atoms with Gasteiger partial charge in [0.2, 0.25) is 5.91 Å². The monoisotopic (exact) mass is 477 g/mol. The molecule has 2 atom stereocenters. The van der Waals surface area contributed by atoms with Crippen LogP contribution in [0.5, 0.6) is 0 Å². The van der Waals surface area contributed by atoms with Gasteiger partial charge >= 0.3 is 0 Å². The van der Waals surface area contributed by atoms with Crippen LogP contribution >= 0.6 is 24.0 Å². The van der Waals surface area contributed by atoms with Crippen molar-refractivity contribution in [2.24, 2.45) is 10.9 Å². The molecular weight excluding hydrogens is 448 g/mol. The van der Waals surface area contributed by atoms with E-state index in [0.717, 1.165) is 6.42 Å². The molecule has 1 fully saturated rings. The molecule has 0 radical (unpaired) electrons. The van der Waals surface area contributed by atoms with Crippen LogP contribution in [0.3, 0.4) is 0 Å². The Morgan fingerprint density at radius 1 is 1.38 bits per heavy atom. The predicted molar refractivity (Wildman–Crippen MR) is 112 cm³/mol. The molecule has 146 valence electrons. The Hall–Kier alpha value is -1.45. The predicted octanol–water partition coefficient (Wildman–Crippen LogP) is 2.54. The number of aromatic nitrogens is 1. The highest BCUT2D eigenvalue weighted by Crippen LogP contribution is 2.23. The first kappa shape index (κ1) is 22.6. The van der Waals surface area contributed by atoms with Crippen molar-refractivity contribution < 1.29 is 9.18 Å². The number of likely N-dealkylation sites (N-methyl/N-ethyl adjacent to an activating group) is 1. The molecular formula is C18H29FIN5O. The van der Waals surface area contributed by atoms with Crippen molar-refractivity contribution >= 4 is 35.8 Å². The van der Waals surface area contributed by atoms with Gasteiger partial charge in [-0.05, 0) is 30.9 Å². The van der Waals surface area contributed by atoms with E-state index in [1.165, 1.54) is 30.2 Å². The molecule has 2 rings (SSSR count). The minimum absolute atomic E-state index is 0. The summed E-state index contributed by atoms with van der Waals surface area (Å²) >= 11 is 0. The second-order valence-corrected chi connectivity index (χ2v) is 6.75. The summed E-state index contributed by atoms with van der Waals surface area (Å²) in [6.45, 7) is 2.49. The van der Waals surface area contributed by atoms with Gasteiger partial charge in [0.05, 0.1) is 18.8 Å². The summed E-state index contributed by atoms with van der Waals surface area (Å²) in [4.78, 5) is 21.8. The quantitative estimate of drug-likeness (QED) is 0.389. The largest absolute Gasteiger partial charge is 0.353 e. The van der Waals surface area contributed by atoms with Crippen molar-refractivity contribution in [1.82, 2.24) is 20.5 Å². The zero-order valence-corrected chi connectivity index (χ0v) is 18.0. The molecule has 1 amide bonds. The topological polar surface area (TPSA) is 69.6 Å². The molecule has 2 unspecified atom stereocenters. The van der Waals surface area contributed by atoms with Crippen LogP contribution in [0.25, 0.3) is 0 Å². The fraction of sp³-hybridized carbons (Fsp3) is 0.611. The molecule has 1 aromatic heterocycles. The Morgan fingerprint density at radius 2 is 2.12 bits per heavy atom. The van der Waals surface area contributed by atoms with Gasteiger partial charge in [-0.1, -0.05) is 19.8 Å². The molecule has 8 heteroatoms. The normalized spacial score (nSPS) is 20.1. The van der Waals surface area contributed by atoms with Gasteiger partial charge in [0.1, 0.15) is 5.82 Å². The molecule has 2 N–H and O–H groups in total. The minimum atomic E-state index is -0.374. The van der Waals surface area contributed by atoms with E-state index >= 15 is 0 Å². The second-order valence-electron chi connectivity index (χ2n) is 6.75. The number of pyridine rings is 1. The Balaban J connectivity index is 0.00000338. The maximum Gasteiger partial charge on any atom is 0.241 e. The number of aliphatic imine (C=N–C) groups is 1. The number of hydrogen-bond acceptors (Lipinski definition) is 3. The van der Waals surface area contributed by atoms with Crippen molar-refractivity contribution in [3.63, 3.8) is 0 Å². The maximum absolute atomic E-state index is 13.7. The van der Waals surface area contributed by atoms with Crippen molar-refractivity contribution in [2.75, 3.05) is 20.6 Å². The molecule has 0 spiro atoms. The molecule has 0 aliphatic heterocycles. The van der Waals surface area contributed by atoms with E-state index < -0.39 is 0 Å². The number of hydrogen-bond donors (Lipinski definition) is 2. The first-order valence-corrected chi connectivity index (χ1v) is 8.81. The van der Waals surface area contributed by atoms with Crippen LogP contribution in [0.2, 0.25) is 0 Å². The third-order valence-electron chi connectivity index (χ3n) is 4.56. The number of halogens is 2. The SMILES string of the molecule is CC1CCCCC1NC(=NCc1ncccc1F)NCC(=O)N(C)C.I. The smallest absolute Gasteiger partial charge is 0.241 e. The molecule has 0 bridgehead atoms. The number of carbonyl (C=O) groups is 1. The zero-order chi connectivity index (χ0) is 18.2. The summed E-state index contributed by atoms with van der Waals surface area (Å²) in [7, 11) is 3.42. The molecule has 1 heterocycles. The summed E-state index contributed by atoms with van der Waals surface area (Å²) in [6.07, 6.45) is 6.23. The van der Waals surface area contributed by atoms with Crippen LogP contribution < -0.4 is 10.6 Å². The van der Waals surface area contributed by atoms with Gasteiger partial charge in [0.15, 0.2) is 5.96 Å². The van der Waals surface area contributed by atoms with E-state index in [1.807, 2.05) is 0 Å². The molecule has 0 aromatic carbocycles. The molecule has 26 heavy (non-hydrogen) atoms. The third-order valence-corrected chi connectivity index (χ3v) is 4.56. The van der Waals surface area contributed by atoms with Crippen molar-refractivity contribution in [3.05, 3.63) is 29.8 Å². The van der Waals surface area contributed by atoms with E-state index in [9.17, 15) is 9.18 Å². The third kappa shape index (κ3) is 7.05. The van der Waals surface area contributed by atoms with Crippen molar-refractivity contribution in [2.45, 2.75) is 45.2 Å². The van der Waals surface area contributed by atoms with Crippen LogP contribution in [0, 0.1) is 11.7 Å². The fourth-order valence-electron chi connectivity index (χ4n) is 2.86. The van der Waals surface area contributed by atoms with E-state index in [4.69, 9.17) is 0 Å². The maximum atomic E-state index is 13.7. The summed E-state index contributed by atoms with van der Waals surface area (Å²) in [5.74, 6) is 0.645. The highest BCUT2D eigenvalue weighted by Gasteiger charge is 2.22. The van der Waals surface area contributed by atoms with E-state index in [1.54, 1.807) is 26.4 Å². The molecule has 1 aliphatic rings. The summed E-state index contributed by atoms with van der Waals surface area (Å²) in [6, 6.07) is 3.24. The lowest BCUT2D eigenvalue weighted by Crippen LogP contribution is -2.49. The van der Waals surface area contributed by atoms with Crippen molar-refractivity contribution in [3.8, 4) is 0 Å². The Kier molecular flexibility index (Phi) is 9.82. The average molecular weight is 477 g/mol. The number of amides is 1. The Labute approximate surface area is 172 Å². The van der Waals surface area contributed by atoms with Crippen LogP contribution in [-0.2, 0) is 11.3 Å². The zero-order valence-electron chi connectivity index (χ0n) is 15.7. The molecule has 1 saturated carbocycles. The van der Waals surface area contributed by atoms with E-state index in [-0.39, 0.29) is 48.8 Å². The first-order valence-electron chi connectivity index (χ1n) is 8.81. The van der Waals surface area contributed by atoms with Crippen LogP contribution in [0.4, 0.5) is 4.39 Å². The van der Waals surface area contributed by atoms with Crippen LogP contribution in [0.15, 0.2) is 23.3 Å². The lowest BCUT2D eigenvalue weighted by Gasteiger charge is -2.31. The summed E-state index contributed by atoms with van der Waals surface area (Å²) in [5, 5.41) is 6.46. The minimum Gasteiger partial charge on any atom is -0.353 e.